The van der Waals surface area contributed by atoms with Crippen molar-refractivity contribution in [2.75, 3.05) is 26.2 Å². The molecule has 2 saturated heterocycles. The normalized spacial score (nSPS) is 24.3. The van der Waals surface area contributed by atoms with Crippen LogP contribution in [0.5, 0.6) is 0 Å². The molecule has 1 aromatic rings. The van der Waals surface area contributed by atoms with Crippen LogP contribution in [0.4, 0.5) is 4.39 Å². The third-order valence-corrected chi connectivity index (χ3v) is 6.42. The van der Waals surface area contributed by atoms with Gasteiger partial charge in [-0.05, 0) is 74.7 Å². The molecule has 130 valence electrons. The maximum atomic E-state index is 13.3. The molecule has 1 aliphatic carbocycles. The van der Waals surface area contributed by atoms with E-state index in [9.17, 15) is 9.18 Å². The number of amides is 1. The molecule has 0 bridgehead atoms. The number of likely N-dealkylation sites (tertiary alicyclic amines) is 2. The predicted octanol–water partition coefficient (Wildman–Crippen LogP) is 3.24. The molecule has 1 spiro atoms. The van der Waals surface area contributed by atoms with Crippen molar-refractivity contribution in [1.82, 2.24) is 9.80 Å². The molecule has 0 atom stereocenters. The average Bonchev–Trinajstić information content (AvgIpc) is 3.07. The van der Waals surface area contributed by atoms with Crippen LogP contribution in [0.1, 0.15) is 44.1 Å². The molecule has 0 radical (unpaired) electrons. The van der Waals surface area contributed by atoms with Gasteiger partial charge in [-0.15, -0.1) is 0 Å². The Labute approximate surface area is 143 Å². The number of hydrogen-bond donors (Lipinski definition) is 0. The summed E-state index contributed by atoms with van der Waals surface area (Å²) in [4.78, 5) is 17.1. The van der Waals surface area contributed by atoms with E-state index < -0.39 is 0 Å². The second-order valence-corrected chi connectivity index (χ2v) is 7.99. The van der Waals surface area contributed by atoms with Gasteiger partial charge in [-0.2, -0.15) is 0 Å². The number of carbonyl (C=O) groups is 1. The largest absolute Gasteiger partial charge is 0.342 e. The minimum absolute atomic E-state index is 0.144. The lowest BCUT2D eigenvalue weighted by molar-refractivity contribution is -0.135. The van der Waals surface area contributed by atoms with Gasteiger partial charge in [-0.1, -0.05) is 12.1 Å². The highest BCUT2D eigenvalue weighted by Gasteiger charge is 2.48. The third-order valence-electron chi connectivity index (χ3n) is 6.42. The monoisotopic (exact) mass is 330 g/mol. The maximum Gasteiger partial charge on any atom is 0.226 e. The molecular weight excluding hydrogens is 303 g/mol. The molecule has 0 N–H and O–H groups in total. The van der Waals surface area contributed by atoms with Crippen LogP contribution in [-0.2, 0) is 11.2 Å². The van der Waals surface area contributed by atoms with Crippen LogP contribution in [0.3, 0.4) is 0 Å². The molecule has 3 aliphatic rings. The van der Waals surface area contributed by atoms with Crippen molar-refractivity contribution >= 4 is 5.91 Å². The Morgan fingerprint density at radius 3 is 2.50 bits per heavy atom. The molecule has 2 heterocycles. The Kier molecular flexibility index (Phi) is 4.33. The van der Waals surface area contributed by atoms with Gasteiger partial charge in [0.1, 0.15) is 5.82 Å². The summed E-state index contributed by atoms with van der Waals surface area (Å²) in [5.41, 5.74) is 1.28. The molecule has 24 heavy (non-hydrogen) atoms. The smallest absolute Gasteiger partial charge is 0.226 e. The van der Waals surface area contributed by atoms with E-state index in [1.807, 2.05) is 11.0 Å². The molecule has 4 heteroatoms. The summed E-state index contributed by atoms with van der Waals surface area (Å²) in [7, 11) is 0. The summed E-state index contributed by atoms with van der Waals surface area (Å²) in [6.45, 7) is 4.33. The summed E-state index contributed by atoms with van der Waals surface area (Å²) >= 11 is 0. The van der Waals surface area contributed by atoms with E-state index in [0.29, 0.717) is 11.8 Å². The van der Waals surface area contributed by atoms with Crippen molar-refractivity contribution in [1.29, 1.82) is 0 Å². The fourth-order valence-electron chi connectivity index (χ4n) is 4.88. The zero-order chi connectivity index (χ0) is 16.6. The number of rotatable bonds is 3. The van der Waals surface area contributed by atoms with Crippen LogP contribution in [-0.4, -0.2) is 47.9 Å². The minimum atomic E-state index is -0.264. The van der Waals surface area contributed by atoms with E-state index in [4.69, 9.17) is 0 Å². The topological polar surface area (TPSA) is 23.6 Å². The number of halogens is 1. The zero-order valence-electron chi connectivity index (χ0n) is 14.3. The second kappa shape index (κ2) is 6.47. The first-order valence-electron chi connectivity index (χ1n) is 9.40. The third kappa shape index (κ3) is 3.21. The highest BCUT2D eigenvalue weighted by molar-refractivity contribution is 5.78. The molecule has 1 aromatic carbocycles. The Morgan fingerprint density at radius 2 is 1.83 bits per heavy atom. The van der Waals surface area contributed by atoms with E-state index in [-0.39, 0.29) is 11.7 Å². The Balaban J connectivity index is 1.26. The molecule has 0 aromatic heterocycles. The molecular formula is C20H27FN2O. The Bertz CT molecular complexity index is 595. The van der Waals surface area contributed by atoms with Crippen molar-refractivity contribution in [3.8, 4) is 0 Å². The van der Waals surface area contributed by atoms with Gasteiger partial charge < -0.3 is 9.80 Å². The molecule has 3 nitrogen and oxygen atoms in total. The van der Waals surface area contributed by atoms with Crippen LogP contribution in [0.25, 0.3) is 0 Å². The van der Waals surface area contributed by atoms with Crippen LogP contribution < -0.4 is 0 Å². The summed E-state index contributed by atoms with van der Waals surface area (Å²) < 4.78 is 13.3. The molecule has 3 fully saturated rings. The first-order chi connectivity index (χ1) is 11.6. The van der Waals surface area contributed by atoms with Crippen molar-refractivity contribution in [2.24, 2.45) is 5.41 Å². The molecule has 1 saturated carbocycles. The lowest BCUT2D eigenvalue weighted by Crippen LogP contribution is -2.55. The first kappa shape index (κ1) is 16.1. The number of piperidine rings is 1. The van der Waals surface area contributed by atoms with E-state index >= 15 is 0 Å². The maximum absolute atomic E-state index is 13.3. The van der Waals surface area contributed by atoms with Crippen molar-refractivity contribution in [3.63, 3.8) is 0 Å². The summed E-state index contributed by atoms with van der Waals surface area (Å²) in [6, 6.07) is 7.21. The van der Waals surface area contributed by atoms with Gasteiger partial charge in [0.05, 0.1) is 6.42 Å². The fraction of sp³-hybridized carbons (Fsp3) is 0.650. The van der Waals surface area contributed by atoms with Crippen LogP contribution in [0.15, 0.2) is 24.3 Å². The van der Waals surface area contributed by atoms with E-state index in [1.165, 1.54) is 50.9 Å². The van der Waals surface area contributed by atoms with Gasteiger partial charge in [0, 0.05) is 19.1 Å². The van der Waals surface area contributed by atoms with Crippen molar-refractivity contribution in [3.05, 3.63) is 35.6 Å². The number of nitrogens with zero attached hydrogens (tertiary/aromatic N) is 2. The Hall–Kier alpha value is -1.42. The highest BCUT2D eigenvalue weighted by Crippen LogP contribution is 2.51. The van der Waals surface area contributed by atoms with Gasteiger partial charge in [0.2, 0.25) is 5.91 Å². The van der Waals surface area contributed by atoms with Gasteiger partial charge >= 0.3 is 0 Å². The number of carbonyl (C=O) groups excluding carboxylic acids is 1. The first-order valence-corrected chi connectivity index (χ1v) is 9.40. The number of hydrogen-bond acceptors (Lipinski definition) is 2. The minimum Gasteiger partial charge on any atom is -0.342 e. The Morgan fingerprint density at radius 1 is 1.12 bits per heavy atom. The average molecular weight is 330 g/mol. The van der Waals surface area contributed by atoms with Crippen LogP contribution >= 0.6 is 0 Å². The van der Waals surface area contributed by atoms with Gasteiger partial charge in [0.15, 0.2) is 0 Å². The van der Waals surface area contributed by atoms with Gasteiger partial charge in [0.25, 0.3) is 0 Å². The van der Waals surface area contributed by atoms with Crippen molar-refractivity contribution < 1.29 is 9.18 Å². The fourth-order valence-corrected chi connectivity index (χ4v) is 4.88. The standard InChI is InChI=1S/C20H27FN2O/c21-17-5-3-4-16(12-17)13-19(24)23-10-6-20(7-11-23)14-18(15-20)22-8-1-2-9-22/h3-5,12,18H,1-2,6-11,13-15H2. The van der Waals surface area contributed by atoms with Crippen LogP contribution in [0, 0.1) is 11.2 Å². The predicted molar refractivity (Wildman–Crippen MR) is 92.2 cm³/mol. The second-order valence-electron chi connectivity index (χ2n) is 7.99. The summed E-state index contributed by atoms with van der Waals surface area (Å²) in [6.07, 6.45) is 8.01. The summed E-state index contributed by atoms with van der Waals surface area (Å²) in [5, 5.41) is 0. The quantitative estimate of drug-likeness (QED) is 0.849. The molecule has 2 aliphatic heterocycles. The lowest BCUT2D eigenvalue weighted by Gasteiger charge is -2.54. The SMILES string of the molecule is O=C(Cc1cccc(F)c1)N1CCC2(CC1)CC(N1CCCC1)C2. The van der Waals surface area contributed by atoms with Gasteiger partial charge in [-0.3, -0.25) is 4.79 Å². The van der Waals surface area contributed by atoms with E-state index in [1.54, 1.807) is 6.07 Å². The van der Waals surface area contributed by atoms with E-state index in [2.05, 4.69) is 4.90 Å². The van der Waals surface area contributed by atoms with Crippen molar-refractivity contribution in [2.45, 2.75) is 51.0 Å². The molecule has 4 rings (SSSR count). The summed E-state index contributed by atoms with van der Waals surface area (Å²) in [5.74, 6) is -0.119. The lowest BCUT2D eigenvalue weighted by atomic mass is 9.60. The molecule has 0 unspecified atom stereocenters. The zero-order valence-corrected chi connectivity index (χ0v) is 14.3. The molecule has 1 amide bonds. The van der Waals surface area contributed by atoms with Gasteiger partial charge in [-0.25, -0.2) is 4.39 Å². The number of benzene rings is 1. The van der Waals surface area contributed by atoms with Crippen LogP contribution in [0.2, 0.25) is 0 Å². The van der Waals surface area contributed by atoms with E-state index in [0.717, 1.165) is 37.5 Å². The highest BCUT2D eigenvalue weighted by atomic mass is 19.1.